The van der Waals surface area contributed by atoms with Gasteiger partial charge in [-0.15, -0.1) is 0 Å². The van der Waals surface area contributed by atoms with Crippen molar-refractivity contribution in [3.8, 4) is 0 Å². The van der Waals surface area contributed by atoms with Crippen LogP contribution in [0.5, 0.6) is 0 Å². The van der Waals surface area contributed by atoms with Gasteiger partial charge in [-0.1, -0.05) is 62.4 Å². The number of nitrogens with one attached hydrogen (secondary N) is 1. The van der Waals surface area contributed by atoms with Crippen LogP contribution in [-0.4, -0.2) is 33.3 Å². The van der Waals surface area contributed by atoms with E-state index in [-0.39, 0.29) is 22.8 Å². The molecule has 29 heavy (non-hydrogen) atoms. The second-order valence-corrected chi connectivity index (χ2v) is 9.57. The van der Waals surface area contributed by atoms with E-state index in [4.69, 9.17) is 0 Å². The number of hydrogen-bond acceptors (Lipinski definition) is 6. The predicted octanol–water partition coefficient (Wildman–Crippen LogP) is 3.85. The normalized spacial score (nSPS) is 17.2. The summed E-state index contributed by atoms with van der Waals surface area (Å²) in [6, 6.07) is 9.92. The summed E-state index contributed by atoms with van der Waals surface area (Å²) in [5, 5.41) is 0.722. The molecule has 1 atom stereocenters. The number of H-pyrrole nitrogens is 1. The minimum atomic E-state index is -0.249. The third kappa shape index (κ3) is 4.10. The van der Waals surface area contributed by atoms with Crippen molar-refractivity contribution in [2.75, 3.05) is 11.4 Å². The highest BCUT2D eigenvalue weighted by atomic mass is 32.1. The first-order valence-corrected chi connectivity index (χ1v) is 10.9. The van der Waals surface area contributed by atoms with E-state index in [0.29, 0.717) is 22.6 Å². The number of aryl methyl sites for hydroxylation is 1. The molecule has 0 radical (unpaired) electrons. The van der Waals surface area contributed by atoms with Crippen LogP contribution in [-0.2, 0) is 16.6 Å². The van der Waals surface area contributed by atoms with Crippen molar-refractivity contribution < 1.29 is 4.79 Å². The Morgan fingerprint density at radius 1 is 1.24 bits per heavy atom. The third-order valence-electron chi connectivity index (χ3n) is 5.34. The van der Waals surface area contributed by atoms with Gasteiger partial charge >= 0.3 is 0 Å². The summed E-state index contributed by atoms with van der Waals surface area (Å²) in [7, 11) is 0. The maximum atomic E-state index is 12.9. The largest absolute Gasteiger partial charge is 0.338 e. The quantitative estimate of drug-likeness (QED) is 0.691. The number of rotatable bonds is 5. The van der Waals surface area contributed by atoms with Crippen molar-refractivity contribution in [2.24, 2.45) is 0 Å². The van der Waals surface area contributed by atoms with Gasteiger partial charge in [0.2, 0.25) is 0 Å². The van der Waals surface area contributed by atoms with Gasteiger partial charge in [-0.05, 0) is 24.8 Å². The SMILES string of the molecule is CC(C)(C)c1nc2sc(N3CCC[C@@H]3C(=O)CCc3ccccc3)nc2c(=O)[nH]1. The Hall–Kier alpha value is -2.54. The van der Waals surface area contributed by atoms with Crippen LogP contribution < -0.4 is 10.5 Å². The second-order valence-electron chi connectivity index (χ2n) is 8.62. The molecule has 1 aliphatic heterocycles. The lowest BCUT2D eigenvalue weighted by Gasteiger charge is -2.22. The number of aromatic nitrogens is 3. The van der Waals surface area contributed by atoms with E-state index in [1.807, 2.05) is 39.0 Å². The first-order chi connectivity index (χ1) is 13.8. The highest BCUT2D eigenvalue weighted by Crippen LogP contribution is 2.33. The third-order valence-corrected chi connectivity index (χ3v) is 6.33. The van der Waals surface area contributed by atoms with Crippen molar-refractivity contribution >= 4 is 32.6 Å². The lowest BCUT2D eigenvalue weighted by Crippen LogP contribution is -2.36. The number of carbonyl (C=O) groups excluding carboxylic acids is 1. The summed E-state index contributed by atoms with van der Waals surface area (Å²) in [5.41, 5.74) is 1.07. The van der Waals surface area contributed by atoms with E-state index in [2.05, 4.69) is 32.0 Å². The van der Waals surface area contributed by atoms with Crippen molar-refractivity contribution in [1.29, 1.82) is 0 Å². The van der Waals surface area contributed by atoms with E-state index >= 15 is 0 Å². The lowest BCUT2D eigenvalue weighted by molar-refractivity contribution is -0.120. The highest BCUT2D eigenvalue weighted by molar-refractivity contribution is 7.21. The van der Waals surface area contributed by atoms with Crippen LogP contribution in [0.3, 0.4) is 0 Å². The van der Waals surface area contributed by atoms with Crippen LogP contribution in [0.15, 0.2) is 35.1 Å². The summed E-state index contributed by atoms with van der Waals surface area (Å²) >= 11 is 1.41. The van der Waals surface area contributed by atoms with Crippen molar-refractivity contribution in [3.63, 3.8) is 0 Å². The Labute approximate surface area is 174 Å². The molecular weight excluding hydrogens is 384 g/mol. The van der Waals surface area contributed by atoms with Crippen LogP contribution in [0.25, 0.3) is 10.3 Å². The summed E-state index contributed by atoms with van der Waals surface area (Å²) in [6.07, 6.45) is 3.05. The van der Waals surface area contributed by atoms with Crippen molar-refractivity contribution in [2.45, 2.75) is 57.9 Å². The van der Waals surface area contributed by atoms with Gasteiger partial charge in [0.05, 0.1) is 6.04 Å². The number of Topliss-reactive ketones (excluding diaryl/α,β-unsaturated/α-hetero) is 1. The van der Waals surface area contributed by atoms with Crippen LogP contribution in [0.4, 0.5) is 5.13 Å². The molecule has 7 heteroatoms. The molecule has 2 aromatic heterocycles. The lowest BCUT2D eigenvalue weighted by atomic mass is 9.96. The van der Waals surface area contributed by atoms with E-state index in [9.17, 15) is 9.59 Å². The molecular formula is C22H26N4O2S. The maximum Gasteiger partial charge on any atom is 0.278 e. The molecule has 0 bridgehead atoms. The van der Waals surface area contributed by atoms with Crippen LogP contribution in [0, 0.1) is 0 Å². The van der Waals surface area contributed by atoms with Gasteiger partial charge in [-0.3, -0.25) is 9.59 Å². The fraction of sp³-hybridized carbons (Fsp3) is 0.455. The number of benzene rings is 1. The molecule has 0 amide bonds. The van der Waals surface area contributed by atoms with Gasteiger partial charge in [0, 0.05) is 18.4 Å². The Morgan fingerprint density at radius 2 is 2.00 bits per heavy atom. The highest BCUT2D eigenvalue weighted by Gasteiger charge is 2.32. The molecule has 1 saturated heterocycles. The van der Waals surface area contributed by atoms with Gasteiger partial charge in [-0.2, -0.15) is 0 Å². The van der Waals surface area contributed by atoms with Gasteiger partial charge in [0.1, 0.15) is 5.82 Å². The Balaban J connectivity index is 1.56. The van der Waals surface area contributed by atoms with Crippen molar-refractivity contribution in [1.82, 2.24) is 15.0 Å². The number of ketones is 1. The topological polar surface area (TPSA) is 79.0 Å². The Morgan fingerprint density at radius 3 is 2.72 bits per heavy atom. The standard InChI is InChI=1S/C22H26N4O2S/c1-22(2,3)20-24-18(28)17-19(25-20)29-21(23-17)26-13-7-10-15(26)16(27)12-11-14-8-5-4-6-9-14/h4-6,8-9,15H,7,10-13H2,1-3H3,(H,24,25,28)/t15-/m1/s1. The molecule has 0 saturated carbocycles. The number of thiazole rings is 1. The molecule has 0 unspecified atom stereocenters. The predicted molar refractivity (Wildman–Crippen MR) is 117 cm³/mol. The van der Waals surface area contributed by atoms with Crippen LogP contribution >= 0.6 is 11.3 Å². The Kier molecular flexibility index (Phi) is 5.25. The molecule has 0 spiro atoms. The fourth-order valence-electron chi connectivity index (χ4n) is 3.71. The van der Waals surface area contributed by atoms with Crippen LogP contribution in [0.1, 0.15) is 51.4 Å². The number of carbonyl (C=O) groups is 1. The summed E-state index contributed by atoms with van der Waals surface area (Å²) in [4.78, 5) is 40.2. The monoisotopic (exact) mass is 410 g/mol. The molecule has 1 aromatic carbocycles. The molecule has 6 nitrogen and oxygen atoms in total. The molecule has 1 aliphatic rings. The molecule has 0 aliphatic carbocycles. The van der Waals surface area contributed by atoms with E-state index in [1.54, 1.807) is 0 Å². The summed E-state index contributed by atoms with van der Waals surface area (Å²) in [6.45, 7) is 6.83. The number of anilines is 1. The number of fused-ring (bicyclic) bond motifs is 1. The van der Waals surface area contributed by atoms with Crippen LogP contribution in [0.2, 0.25) is 0 Å². The average Bonchev–Trinajstić information content (AvgIpc) is 3.33. The molecule has 3 aromatic rings. The number of hydrogen-bond donors (Lipinski definition) is 1. The average molecular weight is 411 g/mol. The summed E-state index contributed by atoms with van der Waals surface area (Å²) in [5.74, 6) is 0.893. The molecule has 3 heterocycles. The molecule has 1 N–H and O–H groups in total. The van der Waals surface area contributed by atoms with E-state index < -0.39 is 0 Å². The van der Waals surface area contributed by atoms with Gasteiger partial charge < -0.3 is 9.88 Å². The van der Waals surface area contributed by atoms with Crippen molar-refractivity contribution in [3.05, 3.63) is 52.1 Å². The second kappa shape index (κ2) is 7.71. The zero-order valence-electron chi connectivity index (χ0n) is 17.1. The maximum absolute atomic E-state index is 12.9. The van der Waals surface area contributed by atoms with Gasteiger partial charge in [-0.25, -0.2) is 9.97 Å². The fourth-order valence-corrected chi connectivity index (χ4v) is 4.73. The number of nitrogens with zero attached hydrogens (tertiary/aromatic N) is 3. The first-order valence-electron chi connectivity index (χ1n) is 10.1. The summed E-state index contributed by atoms with van der Waals surface area (Å²) < 4.78 is 0. The minimum absolute atomic E-state index is 0.166. The zero-order chi connectivity index (χ0) is 20.6. The Bertz CT molecular complexity index is 1080. The molecule has 4 rings (SSSR count). The minimum Gasteiger partial charge on any atom is -0.338 e. The number of aromatic amines is 1. The smallest absolute Gasteiger partial charge is 0.278 e. The zero-order valence-corrected chi connectivity index (χ0v) is 17.9. The van der Waals surface area contributed by atoms with Gasteiger partial charge in [0.25, 0.3) is 5.56 Å². The molecule has 1 fully saturated rings. The van der Waals surface area contributed by atoms with Gasteiger partial charge in [0.15, 0.2) is 21.3 Å². The first kappa shape index (κ1) is 19.8. The van der Waals surface area contributed by atoms with E-state index in [1.165, 1.54) is 16.9 Å². The van der Waals surface area contributed by atoms with E-state index in [0.717, 1.165) is 30.9 Å². The molecule has 152 valence electrons.